The van der Waals surface area contributed by atoms with Crippen LogP contribution in [0.4, 0.5) is 0 Å². The topological polar surface area (TPSA) is 24.7 Å². The zero-order valence-electron chi connectivity index (χ0n) is 4.34. The van der Waals surface area contributed by atoms with E-state index in [9.17, 15) is 0 Å². The van der Waals surface area contributed by atoms with Crippen molar-refractivity contribution in [2.45, 2.75) is 0 Å². The fourth-order valence-corrected chi connectivity index (χ4v) is 3.66. The van der Waals surface area contributed by atoms with Crippen molar-refractivity contribution < 1.29 is 0 Å². The lowest BCUT2D eigenvalue weighted by molar-refractivity contribution is 2.06. The molecule has 10 heavy (non-hydrogen) atoms. The van der Waals surface area contributed by atoms with Gasteiger partial charge >= 0.3 is 0 Å². The summed E-state index contributed by atoms with van der Waals surface area (Å²) in [6, 6.07) is 0. The van der Waals surface area contributed by atoms with E-state index in [1.54, 1.807) is 0 Å². The Hall–Kier alpha value is 1.000. The van der Waals surface area contributed by atoms with Crippen LogP contribution in [-0.4, -0.2) is 10.3 Å². The molecule has 0 amide bonds. The molecule has 0 aromatic rings. The quantitative estimate of drug-likeness (QED) is 0.240. The van der Waals surface area contributed by atoms with Gasteiger partial charge < -0.3 is 0 Å². The fourth-order valence-electron chi connectivity index (χ4n) is 0.0857. The Morgan fingerprint density at radius 3 is 1.60 bits per heavy atom. The molecule has 0 radical (unpaired) electrons. The molecule has 0 spiro atoms. The summed E-state index contributed by atoms with van der Waals surface area (Å²) in [5.74, 6) is 0. The van der Waals surface area contributed by atoms with E-state index in [1.165, 1.54) is 41.6 Å². The van der Waals surface area contributed by atoms with Crippen LogP contribution < -0.4 is 0 Å². The SMILES string of the molecule is S=C=NSSSSN=C=S. The Balaban J connectivity index is 3.04. The summed E-state index contributed by atoms with van der Waals surface area (Å²) < 4.78 is 7.18. The van der Waals surface area contributed by atoms with Crippen molar-refractivity contribution in [2.24, 2.45) is 8.80 Å². The Morgan fingerprint density at radius 2 is 1.30 bits per heavy atom. The molecule has 0 aliphatic heterocycles. The van der Waals surface area contributed by atoms with Gasteiger partial charge in [0.1, 0.15) is 0 Å². The van der Waals surface area contributed by atoms with Crippen molar-refractivity contribution in [3.8, 4) is 0 Å². The normalized spacial score (nSPS) is 7.60. The second-order valence-electron chi connectivity index (χ2n) is 0.650. The lowest BCUT2D eigenvalue weighted by atomic mass is 11.8. The van der Waals surface area contributed by atoms with Crippen molar-refractivity contribution in [2.75, 3.05) is 0 Å². The number of nitrogens with zero attached hydrogens (tertiary/aromatic N) is 2. The highest BCUT2D eigenvalue weighted by Crippen LogP contribution is 2.43. The zero-order valence-corrected chi connectivity index (χ0v) is 9.24. The lowest BCUT2D eigenvalue weighted by Gasteiger charge is -1.83. The van der Waals surface area contributed by atoms with Crippen LogP contribution in [0.1, 0.15) is 0 Å². The summed E-state index contributed by atoms with van der Waals surface area (Å²) in [5, 5.41) is 4.44. The summed E-state index contributed by atoms with van der Waals surface area (Å²) in [7, 11) is 5.38. The van der Waals surface area contributed by atoms with E-state index >= 15 is 0 Å². The van der Waals surface area contributed by atoms with Gasteiger partial charge in [0.05, 0.1) is 32.3 Å². The minimum atomic E-state index is 1.25. The van der Waals surface area contributed by atoms with Gasteiger partial charge in [-0.1, -0.05) is 0 Å². The molecule has 8 heteroatoms. The van der Waals surface area contributed by atoms with Crippen molar-refractivity contribution in [1.82, 2.24) is 0 Å². The molecular weight excluding hydrogens is 244 g/mol. The van der Waals surface area contributed by atoms with Crippen molar-refractivity contribution >= 4 is 76.4 Å². The lowest BCUT2D eigenvalue weighted by Crippen LogP contribution is -1.37. The highest BCUT2D eigenvalue weighted by Gasteiger charge is 1.86. The van der Waals surface area contributed by atoms with E-state index < -0.39 is 0 Å². The fraction of sp³-hybridized carbons (Fsp3) is 0. The highest BCUT2D eigenvalue weighted by atomic mass is 33.7. The van der Waals surface area contributed by atoms with E-state index in [0.717, 1.165) is 0 Å². The maximum absolute atomic E-state index is 4.33. The first-order valence-corrected chi connectivity index (χ1v) is 7.27. The second kappa shape index (κ2) is 10.0. The number of hydrogen-bond acceptors (Lipinski definition) is 8. The van der Waals surface area contributed by atoms with Gasteiger partial charge in [-0.05, 0) is 24.4 Å². The first kappa shape index (κ1) is 11.0. The number of rotatable bonds is 5. The van der Waals surface area contributed by atoms with Crippen molar-refractivity contribution in [3.63, 3.8) is 0 Å². The summed E-state index contributed by atoms with van der Waals surface area (Å²) in [4.78, 5) is 0. The monoisotopic (exact) mass is 244 g/mol. The molecule has 0 heterocycles. The molecule has 0 rings (SSSR count). The van der Waals surface area contributed by atoms with Crippen LogP contribution >= 0.6 is 66.0 Å². The van der Waals surface area contributed by atoms with Gasteiger partial charge in [-0.2, -0.15) is 0 Å². The van der Waals surface area contributed by atoms with E-state index in [0.29, 0.717) is 0 Å². The molecule has 0 aliphatic rings. The number of thiocarbonyl (C=S) groups is 2. The Labute approximate surface area is 84.6 Å². The van der Waals surface area contributed by atoms with Crippen molar-refractivity contribution in [1.29, 1.82) is 0 Å². The molecule has 0 aromatic carbocycles. The summed E-state index contributed by atoms with van der Waals surface area (Å²) in [5.41, 5.74) is 0. The van der Waals surface area contributed by atoms with E-state index in [4.69, 9.17) is 0 Å². The standard InChI is InChI=1S/C2N2S6/c5-1-3-7-9-10-8-4-2-6. The molecule has 0 aromatic heterocycles. The van der Waals surface area contributed by atoms with Crippen LogP contribution in [0.25, 0.3) is 0 Å². The maximum Gasteiger partial charge on any atom is 0.0728 e. The Morgan fingerprint density at radius 1 is 0.900 bits per heavy atom. The summed E-state index contributed by atoms with van der Waals surface area (Å²) >= 11 is 8.67. The van der Waals surface area contributed by atoms with Crippen LogP contribution in [0, 0.1) is 0 Å². The molecule has 0 unspecified atom stereocenters. The highest BCUT2D eigenvalue weighted by molar-refractivity contribution is 9.25. The third-order valence-electron chi connectivity index (χ3n) is 0.238. The van der Waals surface area contributed by atoms with E-state index in [-0.39, 0.29) is 0 Å². The van der Waals surface area contributed by atoms with E-state index in [2.05, 4.69) is 43.6 Å². The third-order valence-corrected chi connectivity index (χ3v) is 5.23. The molecule has 2 nitrogen and oxygen atoms in total. The van der Waals surface area contributed by atoms with Crippen LogP contribution in [0.5, 0.6) is 0 Å². The van der Waals surface area contributed by atoms with Gasteiger partial charge in [-0.25, -0.2) is 0 Å². The first-order chi connectivity index (χ1) is 4.91. The van der Waals surface area contributed by atoms with Crippen molar-refractivity contribution in [3.05, 3.63) is 0 Å². The average Bonchev–Trinajstić information content (AvgIpc) is 1.97. The van der Waals surface area contributed by atoms with Gasteiger partial charge in [-0.3, -0.25) is 0 Å². The van der Waals surface area contributed by atoms with Gasteiger partial charge in [-0.15, -0.1) is 8.80 Å². The van der Waals surface area contributed by atoms with Gasteiger partial charge in [0, 0.05) is 19.7 Å². The van der Waals surface area contributed by atoms with E-state index in [1.807, 2.05) is 0 Å². The average molecular weight is 244 g/mol. The predicted molar refractivity (Wildman–Crippen MR) is 60.4 cm³/mol. The van der Waals surface area contributed by atoms with Crippen LogP contribution in [-0.2, 0) is 0 Å². The molecule has 54 valence electrons. The third kappa shape index (κ3) is 9.00. The minimum absolute atomic E-state index is 1.25. The molecule has 0 saturated carbocycles. The maximum atomic E-state index is 4.33. The Bertz CT molecular complexity index is 147. The van der Waals surface area contributed by atoms with Gasteiger partial charge in [0.2, 0.25) is 0 Å². The Kier molecular flexibility index (Phi) is 11.0. The first-order valence-electron chi connectivity index (χ1n) is 1.72. The summed E-state index contributed by atoms with van der Waals surface area (Å²) in [6.45, 7) is 0. The van der Waals surface area contributed by atoms with Crippen LogP contribution in [0.15, 0.2) is 8.80 Å². The summed E-state index contributed by atoms with van der Waals surface area (Å²) in [6.07, 6.45) is 0. The molecule has 0 fully saturated rings. The number of isothiocyanates is 2. The molecular formula is C2N2S6. The minimum Gasteiger partial charge on any atom is -0.149 e. The predicted octanol–water partition coefficient (Wildman–Crippen LogP) is 3.70. The van der Waals surface area contributed by atoms with Crippen LogP contribution in [0.3, 0.4) is 0 Å². The molecule has 0 saturated heterocycles. The van der Waals surface area contributed by atoms with Gasteiger partial charge in [0.25, 0.3) is 0 Å². The van der Waals surface area contributed by atoms with Crippen LogP contribution in [0.2, 0.25) is 0 Å². The number of hydrogen-bond donors (Lipinski definition) is 0. The van der Waals surface area contributed by atoms with Gasteiger partial charge in [0.15, 0.2) is 0 Å². The largest absolute Gasteiger partial charge is 0.149 e. The molecule has 0 N–H and O–H groups in total. The smallest absolute Gasteiger partial charge is 0.0728 e. The zero-order chi connectivity index (χ0) is 7.66. The molecule has 0 atom stereocenters. The molecule has 0 aliphatic carbocycles. The molecule has 0 bridgehead atoms. The second-order valence-corrected chi connectivity index (χ2v) is 6.11.